The van der Waals surface area contributed by atoms with Gasteiger partial charge in [-0.15, -0.1) is 0 Å². The van der Waals surface area contributed by atoms with Crippen LogP contribution in [-0.2, 0) is 0 Å². The Balaban J connectivity index is 0.000000205. The minimum absolute atomic E-state index is 0.489. The Morgan fingerprint density at radius 3 is 2.50 bits per heavy atom. The Hall–Kier alpha value is -2.30. The number of H-pyrrole nitrogens is 1. The van der Waals surface area contributed by atoms with Crippen molar-refractivity contribution in [3.05, 3.63) is 30.9 Å². The molecule has 0 amide bonds. The van der Waals surface area contributed by atoms with Gasteiger partial charge in [0, 0.05) is 17.8 Å². The molecule has 5 heteroatoms. The molecule has 0 aromatic carbocycles. The van der Waals surface area contributed by atoms with Crippen LogP contribution >= 0.6 is 0 Å². The standard InChI is InChI=1S/C10H8N4O.C5H10/c11-8-6-1-2-12-9(6)14-5-7(8)10-13-3-4-15-10;1-2-4-5-3-1/h1-5H,(H3,11,12,14);1-5H2. The number of anilines is 1. The van der Waals surface area contributed by atoms with Gasteiger partial charge in [-0.05, 0) is 6.07 Å². The average Bonchev–Trinajstić information content (AvgIpc) is 3.23. The van der Waals surface area contributed by atoms with Gasteiger partial charge in [-0.3, -0.25) is 0 Å². The highest BCUT2D eigenvalue weighted by molar-refractivity contribution is 5.95. The van der Waals surface area contributed by atoms with Crippen molar-refractivity contribution in [1.29, 1.82) is 0 Å². The maximum atomic E-state index is 5.99. The fourth-order valence-corrected chi connectivity index (χ4v) is 2.44. The molecule has 3 N–H and O–H groups in total. The van der Waals surface area contributed by atoms with Gasteiger partial charge in [0.2, 0.25) is 5.89 Å². The van der Waals surface area contributed by atoms with E-state index in [1.54, 1.807) is 18.6 Å². The minimum atomic E-state index is 0.489. The fourth-order valence-electron chi connectivity index (χ4n) is 2.44. The molecule has 0 aliphatic heterocycles. The van der Waals surface area contributed by atoms with Crippen molar-refractivity contribution in [2.75, 3.05) is 5.73 Å². The van der Waals surface area contributed by atoms with Crippen molar-refractivity contribution >= 4 is 16.7 Å². The zero-order chi connectivity index (χ0) is 13.8. The van der Waals surface area contributed by atoms with E-state index < -0.39 is 0 Å². The third-order valence-corrected chi connectivity index (χ3v) is 3.54. The van der Waals surface area contributed by atoms with Gasteiger partial charge in [0.15, 0.2) is 0 Å². The topological polar surface area (TPSA) is 80.7 Å². The van der Waals surface area contributed by atoms with E-state index in [0.29, 0.717) is 17.1 Å². The van der Waals surface area contributed by atoms with Crippen LogP contribution in [0.5, 0.6) is 0 Å². The Labute approximate surface area is 117 Å². The highest BCUT2D eigenvalue weighted by Crippen LogP contribution is 2.29. The van der Waals surface area contributed by atoms with Crippen LogP contribution in [-0.4, -0.2) is 15.0 Å². The Kier molecular flexibility index (Phi) is 3.67. The Morgan fingerprint density at radius 1 is 1.10 bits per heavy atom. The first kappa shape index (κ1) is 12.7. The molecule has 1 aliphatic carbocycles. The smallest absolute Gasteiger partial charge is 0.229 e. The molecule has 0 saturated heterocycles. The molecular formula is C15H18N4O. The molecule has 3 heterocycles. The predicted molar refractivity (Wildman–Crippen MR) is 79.1 cm³/mol. The van der Waals surface area contributed by atoms with Crippen LogP contribution in [0.2, 0.25) is 0 Å². The number of nitrogens with two attached hydrogens (primary N) is 1. The van der Waals surface area contributed by atoms with E-state index in [0.717, 1.165) is 11.0 Å². The number of hydrogen-bond donors (Lipinski definition) is 2. The summed E-state index contributed by atoms with van der Waals surface area (Å²) in [5.74, 6) is 0.489. The molecule has 0 radical (unpaired) electrons. The van der Waals surface area contributed by atoms with Crippen LogP contribution in [0.4, 0.5) is 5.69 Å². The van der Waals surface area contributed by atoms with Gasteiger partial charge >= 0.3 is 0 Å². The van der Waals surface area contributed by atoms with Crippen molar-refractivity contribution in [3.63, 3.8) is 0 Å². The van der Waals surface area contributed by atoms with Crippen molar-refractivity contribution in [3.8, 4) is 11.5 Å². The number of nitrogens with zero attached hydrogens (tertiary/aromatic N) is 2. The summed E-state index contributed by atoms with van der Waals surface area (Å²) >= 11 is 0. The first-order chi connectivity index (χ1) is 9.86. The number of nitrogen functional groups attached to an aromatic ring is 1. The normalized spacial score (nSPS) is 14.2. The SMILES string of the molecule is C1CCCC1.Nc1c(-c2ncco2)cnc2[nH]ccc12. The largest absolute Gasteiger partial charge is 0.444 e. The van der Waals surface area contributed by atoms with E-state index in [4.69, 9.17) is 10.2 Å². The summed E-state index contributed by atoms with van der Waals surface area (Å²) < 4.78 is 5.18. The van der Waals surface area contributed by atoms with Crippen LogP contribution in [0.3, 0.4) is 0 Å². The molecule has 3 aromatic heterocycles. The van der Waals surface area contributed by atoms with E-state index in [1.165, 1.54) is 38.4 Å². The highest BCUT2D eigenvalue weighted by Gasteiger charge is 2.11. The molecule has 5 nitrogen and oxygen atoms in total. The molecule has 0 spiro atoms. The number of aromatic amines is 1. The summed E-state index contributed by atoms with van der Waals surface area (Å²) in [6, 6.07) is 1.88. The molecule has 20 heavy (non-hydrogen) atoms. The zero-order valence-electron chi connectivity index (χ0n) is 11.3. The molecule has 1 aliphatic rings. The lowest BCUT2D eigenvalue weighted by atomic mass is 10.2. The quantitative estimate of drug-likeness (QED) is 0.705. The van der Waals surface area contributed by atoms with E-state index in [2.05, 4.69) is 15.0 Å². The molecular weight excluding hydrogens is 252 g/mol. The molecule has 1 saturated carbocycles. The van der Waals surface area contributed by atoms with Gasteiger partial charge in [0.1, 0.15) is 11.9 Å². The van der Waals surface area contributed by atoms with Gasteiger partial charge in [0.05, 0.1) is 17.4 Å². The second kappa shape index (κ2) is 5.77. The summed E-state index contributed by atoms with van der Waals surface area (Å²) in [4.78, 5) is 11.3. The number of aromatic nitrogens is 3. The number of rotatable bonds is 1. The van der Waals surface area contributed by atoms with Gasteiger partial charge in [-0.25, -0.2) is 9.97 Å². The third-order valence-electron chi connectivity index (χ3n) is 3.54. The second-order valence-corrected chi connectivity index (χ2v) is 4.93. The number of pyridine rings is 1. The van der Waals surface area contributed by atoms with Gasteiger partial charge in [-0.1, -0.05) is 32.1 Å². The second-order valence-electron chi connectivity index (χ2n) is 4.93. The first-order valence-corrected chi connectivity index (χ1v) is 6.97. The summed E-state index contributed by atoms with van der Waals surface area (Å²) in [6.07, 6.45) is 14.0. The number of oxazole rings is 1. The molecule has 0 atom stereocenters. The summed E-state index contributed by atoms with van der Waals surface area (Å²) in [5, 5.41) is 0.880. The lowest BCUT2D eigenvalue weighted by molar-refractivity contribution is 0.574. The summed E-state index contributed by atoms with van der Waals surface area (Å²) in [6.45, 7) is 0. The molecule has 0 unspecified atom stereocenters. The monoisotopic (exact) mass is 270 g/mol. The summed E-state index contributed by atoms with van der Waals surface area (Å²) in [7, 11) is 0. The van der Waals surface area contributed by atoms with Crippen LogP contribution in [0.15, 0.2) is 35.3 Å². The highest BCUT2D eigenvalue weighted by atomic mass is 16.3. The third kappa shape index (κ3) is 2.52. The molecule has 1 fully saturated rings. The van der Waals surface area contributed by atoms with E-state index in [-0.39, 0.29) is 0 Å². The maximum Gasteiger partial charge on any atom is 0.229 e. The number of nitrogens with one attached hydrogen (secondary N) is 1. The molecule has 4 rings (SSSR count). The van der Waals surface area contributed by atoms with Gasteiger partial charge < -0.3 is 15.1 Å². The zero-order valence-corrected chi connectivity index (χ0v) is 11.3. The Bertz CT molecular complexity index is 661. The van der Waals surface area contributed by atoms with Gasteiger partial charge in [0.25, 0.3) is 0 Å². The molecule has 104 valence electrons. The lowest BCUT2D eigenvalue weighted by Crippen LogP contribution is -1.92. The maximum absolute atomic E-state index is 5.99. The number of fused-ring (bicyclic) bond motifs is 1. The van der Waals surface area contributed by atoms with Gasteiger partial charge in [-0.2, -0.15) is 0 Å². The van der Waals surface area contributed by atoms with Crippen LogP contribution < -0.4 is 5.73 Å². The predicted octanol–water partition coefficient (Wildman–Crippen LogP) is 3.75. The van der Waals surface area contributed by atoms with E-state index in [1.807, 2.05) is 6.07 Å². The minimum Gasteiger partial charge on any atom is -0.444 e. The van der Waals surface area contributed by atoms with Crippen molar-refractivity contribution in [1.82, 2.24) is 15.0 Å². The fraction of sp³-hybridized carbons (Fsp3) is 0.333. The van der Waals surface area contributed by atoms with Crippen molar-refractivity contribution in [2.45, 2.75) is 32.1 Å². The van der Waals surface area contributed by atoms with Crippen LogP contribution in [0, 0.1) is 0 Å². The van der Waals surface area contributed by atoms with Crippen LogP contribution in [0.1, 0.15) is 32.1 Å². The van der Waals surface area contributed by atoms with E-state index in [9.17, 15) is 0 Å². The first-order valence-electron chi connectivity index (χ1n) is 6.97. The van der Waals surface area contributed by atoms with Crippen molar-refractivity contribution in [2.24, 2.45) is 0 Å². The van der Waals surface area contributed by atoms with Crippen LogP contribution in [0.25, 0.3) is 22.5 Å². The molecule has 0 bridgehead atoms. The van der Waals surface area contributed by atoms with E-state index >= 15 is 0 Å². The average molecular weight is 270 g/mol. The summed E-state index contributed by atoms with van der Waals surface area (Å²) in [5.41, 5.74) is 8.10. The number of hydrogen-bond acceptors (Lipinski definition) is 4. The lowest BCUT2D eigenvalue weighted by Gasteiger charge is -2.01. The molecule has 3 aromatic rings. The Morgan fingerprint density at radius 2 is 1.85 bits per heavy atom. The van der Waals surface area contributed by atoms with Crippen molar-refractivity contribution < 1.29 is 4.42 Å².